The molecule has 1 fully saturated rings. The summed E-state index contributed by atoms with van der Waals surface area (Å²) in [7, 11) is 0. The van der Waals surface area contributed by atoms with Crippen LogP contribution in [0.5, 0.6) is 0 Å². The highest BCUT2D eigenvalue weighted by Crippen LogP contribution is 2.33. The highest BCUT2D eigenvalue weighted by molar-refractivity contribution is 6.33. The quantitative estimate of drug-likeness (QED) is 0.937. The zero-order chi connectivity index (χ0) is 15.9. The van der Waals surface area contributed by atoms with Gasteiger partial charge in [-0.1, -0.05) is 11.6 Å². The van der Waals surface area contributed by atoms with E-state index < -0.39 is 0 Å². The molecule has 116 valence electrons. The number of benzene rings is 1. The summed E-state index contributed by atoms with van der Waals surface area (Å²) < 4.78 is 14.5. The molecular weight excluding hydrogens is 305 g/mol. The second-order valence-corrected chi connectivity index (χ2v) is 6.10. The molecule has 1 heterocycles. The van der Waals surface area contributed by atoms with Crippen LogP contribution >= 0.6 is 11.6 Å². The summed E-state index contributed by atoms with van der Waals surface area (Å²) in [5.41, 5.74) is 1.54. The molecule has 1 amide bonds. The first-order chi connectivity index (χ1) is 10.5. The lowest BCUT2D eigenvalue weighted by Gasteiger charge is -2.12. The van der Waals surface area contributed by atoms with Crippen molar-refractivity contribution in [2.75, 3.05) is 0 Å². The van der Waals surface area contributed by atoms with Gasteiger partial charge in [0.2, 0.25) is 0 Å². The van der Waals surface area contributed by atoms with Crippen molar-refractivity contribution >= 4 is 17.5 Å². The molecule has 2 aromatic rings. The van der Waals surface area contributed by atoms with Gasteiger partial charge in [-0.25, -0.2) is 9.07 Å². The first kappa shape index (κ1) is 15.0. The normalized spacial score (nSPS) is 15.6. The van der Waals surface area contributed by atoms with E-state index in [1.807, 2.05) is 6.92 Å². The van der Waals surface area contributed by atoms with Crippen molar-refractivity contribution in [3.05, 3.63) is 46.5 Å². The average Bonchev–Trinajstić information content (AvgIpc) is 3.26. The van der Waals surface area contributed by atoms with E-state index in [0.29, 0.717) is 22.9 Å². The summed E-state index contributed by atoms with van der Waals surface area (Å²) >= 11 is 6.32. The molecule has 1 atom stereocenters. The first-order valence-corrected chi connectivity index (χ1v) is 7.67. The van der Waals surface area contributed by atoms with Crippen LogP contribution < -0.4 is 5.32 Å². The predicted octanol–water partition coefficient (Wildman–Crippen LogP) is 3.50. The molecule has 0 aliphatic heterocycles. The molecule has 1 aromatic heterocycles. The van der Waals surface area contributed by atoms with Crippen molar-refractivity contribution in [2.45, 2.75) is 32.7 Å². The fourth-order valence-corrected chi connectivity index (χ4v) is 2.86. The highest BCUT2D eigenvalue weighted by Gasteiger charge is 2.30. The lowest BCUT2D eigenvalue weighted by Crippen LogP contribution is -2.34. The van der Waals surface area contributed by atoms with Crippen LogP contribution in [0.3, 0.4) is 0 Å². The highest BCUT2D eigenvalue weighted by atomic mass is 35.5. The van der Waals surface area contributed by atoms with Gasteiger partial charge in [0, 0.05) is 6.04 Å². The van der Waals surface area contributed by atoms with Gasteiger partial charge in [-0.15, -0.1) is 0 Å². The molecule has 0 bridgehead atoms. The van der Waals surface area contributed by atoms with Gasteiger partial charge in [0.25, 0.3) is 5.91 Å². The van der Waals surface area contributed by atoms with Crippen molar-refractivity contribution in [3.8, 4) is 5.69 Å². The van der Waals surface area contributed by atoms with E-state index in [4.69, 9.17) is 11.6 Å². The number of aryl methyl sites for hydroxylation is 1. The van der Waals surface area contributed by atoms with Crippen LogP contribution in [-0.4, -0.2) is 21.7 Å². The van der Waals surface area contributed by atoms with Crippen LogP contribution in [0.4, 0.5) is 4.39 Å². The van der Waals surface area contributed by atoms with Gasteiger partial charge < -0.3 is 5.32 Å². The molecule has 1 aliphatic rings. The number of amides is 1. The molecule has 3 rings (SSSR count). The largest absolute Gasteiger partial charge is 0.349 e. The van der Waals surface area contributed by atoms with Crippen LogP contribution in [0.2, 0.25) is 5.15 Å². The maximum absolute atomic E-state index is 13.0. The zero-order valence-corrected chi connectivity index (χ0v) is 13.2. The van der Waals surface area contributed by atoms with Crippen LogP contribution in [0.25, 0.3) is 5.69 Å². The van der Waals surface area contributed by atoms with Crippen molar-refractivity contribution < 1.29 is 9.18 Å². The molecule has 1 aromatic carbocycles. The Morgan fingerprint density at radius 2 is 2.05 bits per heavy atom. The van der Waals surface area contributed by atoms with E-state index in [1.165, 1.54) is 16.8 Å². The number of hydrogen-bond donors (Lipinski definition) is 1. The minimum absolute atomic E-state index is 0.136. The van der Waals surface area contributed by atoms with Gasteiger partial charge in [0.1, 0.15) is 11.0 Å². The average molecular weight is 322 g/mol. The minimum atomic E-state index is -0.333. The molecule has 4 nitrogen and oxygen atoms in total. The number of nitrogens with one attached hydrogen (secondary N) is 1. The van der Waals surface area contributed by atoms with Gasteiger partial charge >= 0.3 is 0 Å². The summed E-state index contributed by atoms with van der Waals surface area (Å²) in [6.45, 7) is 3.74. The predicted molar refractivity (Wildman–Crippen MR) is 82.9 cm³/mol. The lowest BCUT2D eigenvalue weighted by atomic mass is 10.2. The Kier molecular flexibility index (Phi) is 3.91. The van der Waals surface area contributed by atoms with Gasteiger partial charge in [-0.05, 0) is 56.9 Å². The van der Waals surface area contributed by atoms with Crippen LogP contribution in [0.1, 0.15) is 35.8 Å². The second-order valence-electron chi connectivity index (χ2n) is 5.74. The van der Waals surface area contributed by atoms with Gasteiger partial charge in [-0.2, -0.15) is 5.10 Å². The molecule has 0 saturated heterocycles. The van der Waals surface area contributed by atoms with Crippen LogP contribution in [0.15, 0.2) is 24.3 Å². The molecule has 1 saturated carbocycles. The van der Waals surface area contributed by atoms with E-state index in [9.17, 15) is 9.18 Å². The van der Waals surface area contributed by atoms with E-state index in [1.54, 1.807) is 19.1 Å². The fraction of sp³-hybridized carbons (Fsp3) is 0.375. The zero-order valence-electron chi connectivity index (χ0n) is 12.4. The maximum atomic E-state index is 13.0. The van der Waals surface area contributed by atoms with E-state index >= 15 is 0 Å². The Morgan fingerprint density at radius 1 is 1.41 bits per heavy atom. The number of hydrogen-bond acceptors (Lipinski definition) is 2. The van der Waals surface area contributed by atoms with Gasteiger partial charge in [0.15, 0.2) is 0 Å². The van der Waals surface area contributed by atoms with E-state index in [-0.39, 0.29) is 22.9 Å². The number of rotatable bonds is 4. The third-order valence-electron chi connectivity index (χ3n) is 3.99. The number of aromatic nitrogens is 2. The summed E-state index contributed by atoms with van der Waals surface area (Å²) in [5, 5.41) is 7.52. The van der Waals surface area contributed by atoms with Crippen molar-refractivity contribution in [2.24, 2.45) is 5.92 Å². The second kappa shape index (κ2) is 5.72. The fourth-order valence-electron chi connectivity index (χ4n) is 2.50. The third-order valence-corrected chi connectivity index (χ3v) is 4.34. The van der Waals surface area contributed by atoms with Crippen LogP contribution in [-0.2, 0) is 0 Å². The Bertz CT molecular complexity index is 707. The molecule has 22 heavy (non-hydrogen) atoms. The number of halogens is 2. The summed E-state index contributed by atoms with van der Waals surface area (Å²) in [4.78, 5) is 12.4. The smallest absolute Gasteiger partial charge is 0.256 e. The SMILES string of the molecule is Cc1nn(-c2ccc(F)cc2)c(Cl)c1C(=O)NC(C)C1CC1. The monoisotopic (exact) mass is 321 g/mol. The molecule has 1 N–H and O–H groups in total. The minimum Gasteiger partial charge on any atom is -0.349 e. The van der Waals surface area contributed by atoms with Crippen molar-refractivity contribution in [3.63, 3.8) is 0 Å². The lowest BCUT2D eigenvalue weighted by molar-refractivity contribution is 0.0935. The summed E-state index contributed by atoms with van der Waals surface area (Å²) in [6, 6.07) is 5.94. The Balaban J connectivity index is 1.89. The van der Waals surface area contributed by atoms with Crippen molar-refractivity contribution in [1.82, 2.24) is 15.1 Å². The third kappa shape index (κ3) is 2.86. The Morgan fingerprint density at radius 3 is 2.64 bits per heavy atom. The Labute approximate surface area is 133 Å². The summed E-state index contributed by atoms with van der Waals surface area (Å²) in [5.74, 6) is 0.0189. The molecular formula is C16H17ClFN3O. The molecule has 1 aliphatic carbocycles. The Hall–Kier alpha value is -1.88. The molecule has 0 radical (unpaired) electrons. The van der Waals surface area contributed by atoms with E-state index in [2.05, 4.69) is 10.4 Å². The molecule has 1 unspecified atom stereocenters. The standard InChI is InChI=1S/C16H17ClFN3O/c1-9(11-3-4-11)19-16(22)14-10(2)20-21(15(14)17)13-7-5-12(18)6-8-13/h5-9,11H,3-4H2,1-2H3,(H,19,22). The molecule has 0 spiro atoms. The summed E-state index contributed by atoms with van der Waals surface area (Å²) in [6.07, 6.45) is 2.31. The topological polar surface area (TPSA) is 46.9 Å². The van der Waals surface area contributed by atoms with Gasteiger partial charge in [0.05, 0.1) is 16.9 Å². The van der Waals surface area contributed by atoms with Gasteiger partial charge in [-0.3, -0.25) is 4.79 Å². The maximum Gasteiger partial charge on any atom is 0.256 e. The number of nitrogens with zero attached hydrogens (tertiary/aromatic N) is 2. The van der Waals surface area contributed by atoms with E-state index in [0.717, 1.165) is 12.8 Å². The number of carbonyl (C=O) groups excluding carboxylic acids is 1. The van der Waals surface area contributed by atoms with Crippen LogP contribution in [0, 0.1) is 18.7 Å². The molecule has 6 heteroatoms. The first-order valence-electron chi connectivity index (χ1n) is 7.29. The number of carbonyl (C=O) groups is 1. The van der Waals surface area contributed by atoms with Crippen molar-refractivity contribution in [1.29, 1.82) is 0 Å².